The Kier molecular flexibility index (Phi) is 6.27. The number of carbonyl (C=O) groups excluding carboxylic acids is 1. The van der Waals surface area contributed by atoms with Gasteiger partial charge in [-0.3, -0.25) is 0 Å². The van der Waals surface area contributed by atoms with Crippen LogP contribution in [0.15, 0.2) is 63.8 Å². The second-order valence-electron chi connectivity index (χ2n) is 6.22. The molecule has 144 valence electrons. The van der Waals surface area contributed by atoms with Gasteiger partial charge < -0.3 is 13.9 Å². The molecule has 1 heterocycles. The van der Waals surface area contributed by atoms with Crippen LogP contribution in [0.25, 0.3) is 17.0 Å². The predicted octanol–water partition coefficient (Wildman–Crippen LogP) is 4.51. The first-order valence-corrected chi connectivity index (χ1v) is 9.22. The zero-order valence-electron chi connectivity index (χ0n) is 15.9. The van der Waals surface area contributed by atoms with Crippen LogP contribution in [0.4, 0.5) is 0 Å². The summed E-state index contributed by atoms with van der Waals surface area (Å²) in [6, 6.07) is 14.5. The first-order valence-electron chi connectivity index (χ1n) is 9.22. The molecule has 0 saturated carbocycles. The third-order valence-corrected chi connectivity index (χ3v) is 4.28. The largest absolute Gasteiger partial charge is 0.494 e. The van der Waals surface area contributed by atoms with E-state index in [0.29, 0.717) is 17.8 Å². The smallest absolute Gasteiger partial charge is 0.336 e. The van der Waals surface area contributed by atoms with Crippen molar-refractivity contribution < 1.29 is 18.7 Å². The maximum Gasteiger partial charge on any atom is 0.336 e. The zero-order chi connectivity index (χ0) is 19.9. The van der Waals surface area contributed by atoms with Crippen molar-refractivity contribution in [3.63, 3.8) is 0 Å². The van der Waals surface area contributed by atoms with Crippen LogP contribution < -0.4 is 10.4 Å². The Bertz CT molecular complexity index is 1040. The minimum atomic E-state index is -0.486. The molecule has 5 heteroatoms. The van der Waals surface area contributed by atoms with Crippen molar-refractivity contribution in [2.24, 2.45) is 0 Å². The molecule has 0 N–H and O–H groups in total. The van der Waals surface area contributed by atoms with Crippen molar-refractivity contribution in [3.8, 4) is 5.75 Å². The van der Waals surface area contributed by atoms with Crippen LogP contribution in [0, 0.1) is 0 Å². The predicted molar refractivity (Wildman–Crippen MR) is 108 cm³/mol. The fraction of sp³-hybridized carbons (Fsp3) is 0.217. The maximum atomic E-state index is 12.0. The van der Waals surface area contributed by atoms with E-state index in [9.17, 15) is 9.59 Å². The van der Waals surface area contributed by atoms with Gasteiger partial charge in [0, 0.05) is 23.1 Å². The number of rotatable bonds is 7. The van der Waals surface area contributed by atoms with E-state index < -0.39 is 11.6 Å². The molecule has 0 fully saturated rings. The summed E-state index contributed by atoms with van der Waals surface area (Å²) in [6.45, 7) is 4.56. The molecule has 0 amide bonds. The van der Waals surface area contributed by atoms with Crippen molar-refractivity contribution in [3.05, 3.63) is 81.7 Å². The minimum absolute atomic E-state index is 0.0000226. The molecule has 0 saturated heterocycles. The van der Waals surface area contributed by atoms with Gasteiger partial charge >= 0.3 is 11.6 Å². The number of hydrogen-bond acceptors (Lipinski definition) is 5. The Labute approximate surface area is 163 Å². The molecule has 3 rings (SSSR count). The molecule has 0 spiro atoms. The number of esters is 1. The van der Waals surface area contributed by atoms with E-state index in [1.54, 1.807) is 6.08 Å². The maximum absolute atomic E-state index is 12.0. The number of hydrogen-bond donors (Lipinski definition) is 0. The summed E-state index contributed by atoms with van der Waals surface area (Å²) < 4.78 is 15.9. The lowest BCUT2D eigenvalue weighted by atomic mass is 10.1. The standard InChI is InChI=1S/C23H22O5/c1-3-16-7-11-20-18(14-23(25)28-21(20)13-16)15-27-22(24)12-8-17-5-9-19(10-6-17)26-4-2/h5-14H,3-4,15H2,1-2H3/b12-8+. The highest BCUT2D eigenvalue weighted by Crippen LogP contribution is 2.20. The Morgan fingerprint density at radius 2 is 1.86 bits per heavy atom. The highest BCUT2D eigenvalue weighted by molar-refractivity contribution is 5.87. The van der Waals surface area contributed by atoms with Crippen molar-refractivity contribution in [2.45, 2.75) is 26.9 Å². The molecule has 1 aromatic heterocycles. The van der Waals surface area contributed by atoms with E-state index >= 15 is 0 Å². The normalized spacial score (nSPS) is 11.1. The summed E-state index contributed by atoms with van der Waals surface area (Å²) in [5.41, 5.74) is 2.60. The first-order chi connectivity index (χ1) is 13.6. The van der Waals surface area contributed by atoms with Gasteiger partial charge in [0.2, 0.25) is 0 Å². The van der Waals surface area contributed by atoms with Gasteiger partial charge in [-0.05, 0) is 48.7 Å². The molecule has 3 aromatic rings. The number of benzene rings is 2. The number of fused-ring (bicyclic) bond motifs is 1. The van der Waals surface area contributed by atoms with E-state index in [0.717, 1.165) is 28.7 Å². The Morgan fingerprint density at radius 3 is 2.57 bits per heavy atom. The summed E-state index contributed by atoms with van der Waals surface area (Å²) >= 11 is 0. The summed E-state index contributed by atoms with van der Waals surface area (Å²) in [4.78, 5) is 23.8. The highest BCUT2D eigenvalue weighted by Gasteiger charge is 2.08. The lowest BCUT2D eigenvalue weighted by molar-refractivity contribution is -0.138. The van der Waals surface area contributed by atoms with Gasteiger partial charge in [0.15, 0.2) is 0 Å². The average molecular weight is 378 g/mol. The summed E-state index contributed by atoms with van der Waals surface area (Å²) in [7, 11) is 0. The van der Waals surface area contributed by atoms with Crippen molar-refractivity contribution in [1.29, 1.82) is 0 Å². The fourth-order valence-electron chi connectivity index (χ4n) is 2.82. The summed E-state index contributed by atoms with van der Waals surface area (Å²) in [5.74, 6) is 0.295. The van der Waals surface area contributed by atoms with Gasteiger partial charge in [0.1, 0.15) is 17.9 Å². The molecular weight excluding hydrogens is 356 g/mol. The second-order valence-corrected chi connectivity index (χ2v) is 6.22. The third kappa shape index (κ3) is 4.88. The van der Waals surface area contributed by atoms with Crippen LogP contribution in [0.3, 0.4) is 0 Å². The molecule has 28 heavy (non-hydrogen) atoms. The van der Waals surface area contributed by atoms with Crippen LogP contribution in [-0.2, 0) is 22.6 Å². The van der Waals surface area contributed by atoms with Gasteiger partial charge in [-0.2, -0.15) is 0 Å². The van der Waals surface area contributed by atoms with Crippen molar-refractivity contribution >= 4 is 23.0 Å². The quantitative estimate of drug-likeness (QED) is 0.344. The molecule has 0 aliphatic carbocycles. The first kappa shape index (κ1) is 19.4. The third-order valence-electron chi connectivity index (χ3n) is 4.28. The average Bonchev–Trinajstić information content (AvgIpc) is 2.71. The molecule has 5 nitrogen and oxygen atoms in total. The van der Waals surface area contributed by atoms with Crippen LogP contribution >= 0.6 is 0 Å². The Balaban J connectivity index is 1.68. The molecule has 0 radical (unpaired) electrons. The van der Waals surface area contributed by atoms with Gasteiger partial charge in [-0.25, -0.2) is 9.59 Å². The molecule has 0 atom stereocenters. The zero-order valence-corrected chi connectivity index (χ0v) is 15.9. The van der Waals surface area contributed by atoms with Crippen LogP contribution in [0.2, 0.25) is 0 Å². The van der Waals surface area contributed by atoms with E-state index in [1.807, 2.05) is 56.3 Å². The van der Waals surface area contributed by atoms with E-state index in [1.165, 1.54) is 12.1 Å². The Morgan fingerprint density at radius 1 is 1.07 bits per heavy atom. The lowest BCUT2D eigenvalue weighted by Gasteiger charge is -2.07. The highest BCUT2D eigenvalue weighted by atomic mass is 16.5. The van der Waals surface area contributed by atoms with E-state index in [-0.39, 0.29) is 6.61 Å². The number of carbonyl (C=O) groups is 1. The SMILES string of the molecule is CCOc1ccc(/C=C/C(=O)OCc2cc(=O)oc3cc(CC)ccc23)cc1. The molecular formula is C23H22O5. The lowest BCUT2D eigenvalue weighted by Crippen LogP contribution is -2.05. The van der Waals surface area contributed by atoms with E-state index in [2.05, 4.69) is 0 Å². The number of aryl methyl sites for hydroxylation is 1. The monoisotopic (exact) mass is 378 g/mol. The van der Waals surface area contributed by atoms with Gasteiger partial charge in [0.25, 0.3) is 0 Å². The topological polar surface area (TPSA) is 65.7 Å². The van der Waals surface area contributed by atoms with Crippen molar-refractivity contribution in [1.82, 2.24) is 0 Å². The van der Waals surface area contributed by atoms with Crippen LogP contribution in [-0.4, -0.2) is 12.6 Å². The Hall–Kier alpha value is -3.34. The van der Waals surface area contributed by atoms with Gasteiger partial charge in [-0.1, -0.05) is 31.2 Å². The molecule has 0 bridgehead atoms. The summed E-state index contributed by atoms with van der Waals surface area (Å²) in [6.07, 6.45) is 3.87. The van der Waals surface area contributed by atoms with Crippen molar-refractivity contribution in [2.75, 3.05) is 6.61 Å². The molecule has 2 aromatic carbocycles. The molecule has 0 aliphatic rings. The fourth-order valence-corrected chi connectivity index (χ4v) is 2.82. The van der Waals surface area contributed by atoms with E-state index in [4.69, 9.17) is 13.9 Å². The van der Waals surface area contributed by atoms with Gasteiger partial charge in [0.05, 0.1) is 6.61 Å². The number of ether oxygens (including phenoxy) is 2. The summed E-state index contributed by atoms with van der Waals surface area (Å²) in [5, 5.41) is 0.764. The van der Waals surface area contributed by atoms with Crippen LogP contribution in [0.5, 0.6) is 5.75 Å². The minimum Gasteiger partial charge on any atom is -0.494 e. The molecule has 0 unspecified atom stereocenters. The molecule has 0 aliphatic heterocycles. The van der Waals surface area contributed by atoms with Gasteiger partial charge in [-0.15, -0.1) is 0 Å². The second kappa shape index (κ2) is 9.04. The van der Waals surface area contributed by atoms with Crippen LogP contribution in [0.1, 0.15) is 30.5 Å².